The van der Waals surface area contributed by atoms with Crippen LogP contribution in [0, 0.1) is 5.82 Å². The monoisotopic (exact) mass is 470 g/mol. The van der Waals surface area contributed by atoms with Gasteiger partial charge in [-0.3, -0.25) is 9.59 Å². The third kappa shape index (κ3) is 7.57. The van der Waals surface area contributed by atoms with Crippen molar-refractivity contribution >= 4 is 23.5 Å². The van der Waals surface area contributed by atoms with E-state index in [1.807, 2.05) is 6.07 Å². The Balaban J connectivity index is 1.53. The summed E-state index contributed by atoms with van der Waals surface area (Å²) in [4.78, 5) is 38.4. The van der Waals surface area contributed by atoms with Gasteiger partial charge >= 0.3 is 6.09 Å². The molecule has 8 heteroatoms. The molecule has 2 aromatic carbocycles. The number of unbranched alkanes of at least 4 members (excludes halogenated alkanes) is 1. The average Bonchev–Trinajstić information content (AvgIpc) is 2.76. The molecule has 0 saturated carbocycles. The van der Waals surface area contributed by atoms with Crippen LogP contribution < -0.4 is 10.1 Å². The van der Waals surface area contributed by atoms with Gasteiger partial charge in [-0.05, 0) is 75.9 Å². The molecule has 0 aromatic heterocycles. The van der Waals surface area contributed by atoms with E-state index in [0.717, 1.165) is 5.56 Å². The second kappa shape index (κ2) is 11.1. The number of carbonyl (C=O) groups excluding carboxylic acids is 3. The number of ether oxygens (including phenoxy) is 2. The summed E-state index contributed by atoms with van der Waals surface area (Å²) in [5, 5.41) is 2.70. The van der Waals surface area contributed by atoms with E-state index < -0.39 is 11.7 Å². The van der Waals surface area contributed by atoms with Gasteiger partial charge in [0.15, 0.2) is 12.4 Å². The molecule has 1 aliphatic rings. The first-order valence-electron chi connectivity index (χ1n) is 11.4. The Kier molecular flexibility index (Phi) is 8.26. The van der Waals surface area contributed by atoms with Crippen molar-refractivity contribution in [2.24, 2.45) is 0 Å². The van der Waals surface area contributed by atoms with Gasteiger partial charge in [0.2, 0.25) is 0 Å². The fraction of sp³-hybridized carbons (Fsp3) is 0.423. The van der Waals surface area contributed by atoms with Crippen LogP contribution in [-0.4, -0.2) is 48.0 Å². The molecular weight excluding hydrogens is 439 g/mol. The number of rotatable bonds is 9. The highest BCUT2D eigenvalue weighted by molar-refractivity contribution is 6.00. The standard InChI is InChI=1S/C26H31FN2O5/c1-26(2,3)34-25(32)29(14-12-18-7-6-8-20(27)15-18)13-5-4-9-22(30)19-10-11-23-21(16-19)28-24(31)17-33-23/h6-8,10-11,15-16H,4-5,9,12-14,17H2,1-3H3,(H,28,31). The Morgan fingerprint density at radius 3 is 2.65 bits per heavy atom. The van der Waals surface area contributed by atoms with Crippen LogP contribution in [0.5, 0.6) is 5.75 Å². The van der Waals surface area contributed by atoms with Crippen LogP contribution >= 0.6 is 0 Å². The van der Waals surface area contributed by atoms with E-state index in [4.69, 9.17) is 9.47 Å². The minimum Gasteiger partial charge on any atom is -0.482 e. The molecule has 0 spiro atoms. The summed E-state index contributed by atoms with van der Waals surface area (Å²) in [5.74, 6) is -0.0700. The van der Waals surface area contributed by atoms with E-state index in [2.05, 4.69) is 5.32 Å². The molecule has 182 valence electrons. The first-order valence-corrected chi connectivity index (χ1v) is 11.4. The number of nitrogens with zero attached hydrogens (tertiary/aromatic N) is 1. The molecule has 0 radical (unpaired) electrons. The van der Waals surface area contributed by atoms with Crippen molar-refractivity contribution < 1.29 is 28.2 Å². The predicted octanol–water partition coefficient (Wildman–Crippen LogP) is 4.99. The molecule has 0 saturated heterocycles. The molecule has 1 aliphatic heterocycles. The maximum Gasteiger partial charge on any atom is 0.410 e. The number of Topliss-reactive ketones (excluding diaryl/α,β-unsaturated/α-hetero) is 1. The summed E-state index contributed by atoms with van der Waals surface area (Å²) in [6, 6.07) is 11.3. The second-order valence-corrected chi connectivity index (χ2v) is 9.28. The van der Waals surface area contributed by atoms with Crippen LogP contribution in [0.25, 0.3) is 0 Å². The zero-order valence-electron chi connectivity index (χ0n) is 19.9. The lowest BCUT2D eigenvalue weighted by atomic mass is 10.0. The third-order valence-corrected chi connectivity index (χ3v) is 5.23. The lowest BCUT2D eigenvalue weighted by Gasteiger charge is -2.27. The van der Waals surface area contributed by atoms with Crippen molar-refractivity contribution in [3.05, 3.63) is 59.4 Å². The Labute approximate surface area is 199 Å². The number of fused-ring (bicyclic) bond motifs is 1. The first-order chi connectivity index (χ1) is 16.1. The highest BCUT2D eigenvalue weighted by Crippen LogP contribution is 2.29. The molecule has 0 aliphatic carbocycles. The Morgan fingerprint density at radius 2 is 1.91 bits per heavy atom. The van der Waals surface area contributed by atoms with Crippen LogP contribution in [0.1, 0.15) is 56.0 Å². The molecule has 0 bridgehead atoms. The maximum atomic E-state index is 13.5. The van der Waals surface area contributed by atoms with E-state index in [0.29, 0.717) is 55.8 Å². The summed E-state index contributed by atoms with van der Waals surface area (Å²) in [6.07, 6.45) is 1.57. The van der Waals surface area contributed by atoms with Crippen LogP contribution in [0.15, 0.2) is 42.5 Å². The molecule has 0 atom stereocenters. The summed E-state index contributed by atoms with van der Waals surface area (Å²) in [5.41, 5.74) is 1.16. The predicted molar refractivity (Wildman–Crippen MR) is 127 cm³/mol. The number of benzene rings is 2. The quantitative estimate of drug-likeness (QED) is 0.412. The molecule has 7 nitrogen and oxygen atoms in total. The van der Waals surface area contributed by atoms with Crippen LogP contribution in [0.4, 0.5) is 14.9 Å². The molecule has 34 heavy (non-hydrogen) atoms. The van der Waals surface area contributed by atoms with E-state index in [-0.39, 0.29) is 24.1 Å². The minimum absolute atomic E-state index is 0.0341. The SMILES string of the molecule is CC(C)(C)OC(=O)N(CCCCC(=O)c1ccc2c(c1)NC(=O)CO2)CCc1cccc(F)c1. The third-order valence-electron chi connectivity index (χ3n) is 5.23. The number of carbonyl (C=O) groups is 3. The number of halogens is 1. The second-order valence-electron chi connectivity index (χ2n) is 9.28. The summed E-state index contributed by atoms with van der Waals surface area (Å²) >= 11 is 0. The lowest BCUT2D eigenvalue weighted by Crippen LogP contribution is -2.38. The van der Waals surface area contributed by atoms with E-state index in [9.17, 15) is 18.8 Å². The maximum absolute atomic E-state index is 13.5. The fourth-order valence-corrected chi connectivity index (χ4v) is 3.57. The van der Waals surface area contributed by atoms with Gasteiger partial charge in [0.25, 0.3) is 5.91 Å². The molecule has 1 N–H and O–H groups in total. The zero-order valence-corrected chi connectivity index (χ0v) is 19.9. The Hall–Kier alpha value is -3.42. The lowest BCUT2D eigenvalue weighted by molar-refractivity contribution is -0.118. The van der Waals surface area contributed by atoms with Crippen molar-refractivity contribution in [3.63, 3.8) is 0 Å². The Morgan fingerprint density at radius 1 is 1.12 bits per heavy atom. The van der Waals surface area contributed by atoms with E-state index in [1.54, 1.807) is 49.9 Å². The van der Waals surface area contributed by atoms with Gasteiger partial charge in [-0.15, -0.1) is 0 Å². The zero-order chi connectivity index (χ0) is 24.7. The molecule has 0 unspecified atom stereocenters. The van der Waals surface area contributed by atoms with Crippen LogP contribution in [0.2, 0.25) is 0 Å². The summed E-state index contributed by atoms with van der Waals surface area (Å²) < 4.78 is 24.3. The van der Waals surface area contributed by atoms with E-state index >= 15 is 0 Å². The van der Waals surface area contributed by atoms with Crippen LogP contribution in [-0.2, 0) is 16.0 Å². The van der Waals surface area contributed by atoms with E-state index in [1.165, 1.54) is 12.1 Å². The molecule has 3 rings (SSSR count). The number of amides is 2. The van der Waals surface area contributed by atoms with Gasteiger partial charge in [0.1, 0.15) is 17.2 Å². The highest BCUT2D eigenvalue weighted by Gasteiger charge is 2.22. The number of nitrogens with one attached hydrogen (secondary N) is 1. The number of anilines is 1. The van der Waals surface area contributed by atoms with Crippen molar-refractivity contribution in [3.8, 4) is 5.75 Å². The average molecular weight is 471 g/mol. The van der Waals surface area contributed by atoms with Gasteiger partial charge in [0, 0.05) is 25.1 Å². The molecule has 2 aromatic rings. The van der Waals surface area contributed by atoms with Gasteiger partial charge < -0.3 is 19.7 Å². The largest absolute Gasteiger partial charge is 0.482 e. The van der Waals surface area contributed by atoms with Gasteiger partial charge in [-0.2, -0.15) is 0 Å². The summed E-state index contributed by atoms with van der Waals surface area (Å²) in [6.45, 7) is 6.19. The minimum atomic E-state index is -0.629. The summed E-state index contributed by atoms with van der Waals surface area (Å²) in [7, 11) is 0. The van der Waals surface area contributed by atoms with Gasteiger partial charge in [-0.1, -0.05) is 12.1 Å². The number of hydrogen-bond acceptors (Lipinski definition) is 5. The Bertz CT molecular complexity index is 1050. The number of hydrogen-bond donors (Lipinski definition) is 1. The van der Waals surface area contributed by atoms with Crippen molar-refractivity contribution in [2.75, 3.05) is 25.0 Å². The molecular formula is C26H31FN2O5. The highest BCUT2D eigenvalue weighted by atomic mass is 19.1. The fourth-order valence-electron chi connectivity index (χ4n) is 3.57. The van der Waals surface area contributed by atoms with Crippen molar-refractivity contribution in [2.45, 2.75) is 52.1 Å². The topological polar surface area (TPSA) is 84.9 Å². The number of ketones is 1. The van der Waals surface area contributed by atoms with Crippen molar-refractivity contribution in [1.29, 1.82) is 0 Å². The van der Waals surface area contributed by atoms with Crippen LogP contribution in [0.3, 0.4) is 0 Å². The normalized spacial score (nSPS) is 12.9. The molecule has 1 heterocycles. The molecule has 2 amide bonds. The van der Waals surface area contributed by atoms with Crippen molar-refractivity contribution in [1.82, 2.24) is 4.90 Å². The first kappa shape index (κ1) is 25.2. The molecule has 0 fully saturated rings. The smallest absolute Gasteiger partial charge is 0.410 e. The van der Waals surface area contributed by atoms with Gasteiger partial charge in [-0.25, -0.2) is 9.18 Å². The van der Waals surface area contributed by atoms with Gasteiger partial charge in [0.05, 0.1) is 5.69 Å².